The van der Waals surface area contributed by atoms with E-state index in [9.17, 15) is 9.59 Å². The Bertz CT molecular complexity index is 327. The van der Waals surface area contributed by atoms with Gasteiger partial charge in [0.05, 0.1) is 12.5 Å². The fourth-order valence-electron chi connectivity index (χ4n) is 1.80. The summed E-state index contributed by atoms with van der Waals surface area (Å²) in [4.78, 5) is 24.7. The molecular weight excluding hydrogens is 206 g/mol. The second-order valence-corrected chi connectivity index (χ2v) is 3.72. The molecule has 1 saturated heterocycles. The summed E-state index contributed by atoms with van der Waals surface area (Å²) in [6.07, 6.45) is 1.63. The van der Waals surface area contributed by atoms with Crippen molar-refractivity contribution in [1.82, 2.24) is 4.90 Å². The third-order valence-corrected chi connectivity index (χ3v) is 2.56. The highest BCUT2D eigenvalue weighted by Crippen LogP contribution is 2.17. The molecule has 1 amide bonds. The summed E-state index contributed by atoms with van der Waals surface area (Å²) in [5.41, 5.74) is 0. The van der Waals surface area contributed by atoms with Crippen molar-refractivity contribution in [2.24, 2.45) is 5.92 Å². The molecule has 0 radical (unpaired) electrons. The maximum absolute atomic E-state index is 11.5. The second-order valence-electron chi connectivity index (χ2n) is 3.72. The van der Waals surface area contributed by atoms with Crippen LogP contribution in [0.25, 0.3) is 0 Å². The van der Waals surface area contributed by atoms with Gasteiger partial charge in [0.15, 0.2) is 0 Å². The molecule has 1 heterocycles. The lowest BCUT2D eigenvalue weighted by atomic mass is 9.98. The normalized spacial score (nSPS) is 19.6. The smallest absolute Gasteiger partial charge is 0.310 e. The first kappa shape index (κ1) is 12.6. The van der Waals surface area contributed by atoms with Gasteiger partial charge in [-0.1, -0.05) is 5.92 Å². The maximum atomic E-state index is 11.5. The van der Waals surface area contributed by atoms with E-state index in [1.165, 1.54) is 0 Å². The molecular formula is C12H17NO3. The predicted octanol–water partition coefficient (Wildman–Crippen LogP) is 0.811. The van der Waals surface area contributed by atoms with Gasteiger partial charge in [-0.05, 0) is 32.6 Å². The minimum Gasteiger partial charge on any atom is -0.466 e. The van der Waals surface area contributed by atoms with Gasteiger partial charge in [-0.2, -0.15) is 0 Å². The molecule has 1 aliphatic rings. The molecule has 0 bridgehead atoms. The fourth-order valence-corrected chi connectivity index (χ4v) is 1.80. The zero-order valence-corrected chi connectivity index (χ0v) is 9.78. The average Bonchev–Trinajstić information content (AvgIpc) is 2.30. The van der Waals surface area contributed by atoms with Crippen LogP contribution >= 0.6 is 0 Å². The third-order valence-electron chi connectivity index (χ3n) is 2.56. The summed E-state index contributed by atoms with van der Waals surface area (Å²) >= 11 is 0. The minimum atomic E-state index is -0.204. The van der Waals surface area contributed by atoms with E-state index in [-0.39, 0.29) is 17.8 Å². The molecule has 0 saturated carbocycles. The largest absolute Gasteiger partial charge is 0.466 e. The summed E-state index contributed by atoms with van der Waals surface area (Å²) < 4.78 is 4.96. The number of nitrogens with zero attached hydrogens (tertiary/aromatic N) is 1. The number of hydrogen-bond acceptors (Lipinski definition) is 3. The van der Waals surface area contributed by atoms with Gasteiger partial charge in [0.25, 0.3) is 5.91 Å². The van der Waals surface area contributed by atoms with Crippen molar-refractivity contribution >= 4 is 11.9 Å². The quantitative estimate of drug-likeness (QED) is 0.514. The highest BCUT2D eigenvalue weighted by atomic mass is 16.5. The highest BCUT2D eigenvalue weighted by molar-refractivity contribution is 5.93. The Morgan fingerprint density at radius 3 is 2.88 bits per heavy atom. The molecule has 88 valence electrons. The number of carbonyl (C=O) groups is 2. The van der Waals surface area contributed by atoms with Crippen LogP contribution in [0.3, 0.4) is 0 Å². The molecule has 4 nitrogen and oxygen atoms in total. The van der Waals surface area contributed by atoms with Crippen molar-refractivity contribution in [2.45, 2.75) is 26.7 Å². The lowest BCUT2D eigenvalue weighted by Gasteiger charge is -2.30. The lowest BCUT2D eigenvalue weighted by Crippen LogP contribution is -2.42. The maximum Gasteiger partial charge on any atom is 0.310 e. The molecule has 1 aliphatic heterocycles. The van der Waals surface area contributed by atoms with E-state index in [4.69, 9.17) is 4.74 Å². The van der Waals surface area contributed by atoms with Crippen LogP contribution < -0.4 is 0 Å². The van der Waals surface area contributed by atoms with Crippen molar-refractivity contribution in [1.29, 1.82) is 0 Å². The summed E-state index contributed by atoms with van der Waals surface area (Å²) in [5, 5.41) is 0. The van der Waals surface area contributed by atoms with Gasteiger partial charge in [0, 0.05) is 13.1 Å². The molecule has 1 rings (SSSR count). The van der Waals surface area contributed by atoms with Crippen molar-refractivity contribution in [2.75, 3.05) is 19.7 Å². The van der Waals surface area contributed by atoms with Crippen LogP contribution in [-0.4, -0.2) is 36.5 Å². The molecule has 0 aromatic rings. The molecule has 4 heteroatoms. The number of hydrogen-bond donors (Lipinski definition) is 0. The Kier molecular flexibility index (Phi) is 4.84. The highest BCUT2D eigenvalue weighted by Gasteiger charge is 2.28. The number of ether oxygens (including phenoxy) is 1. The van der Waals surface area contributed by atoms with Gasteiger partial charge in [0.2, 0.25) is 0 Å². The van der Waals surface area contributed by atoms with E-state index < -0.39 is 0 Å². The summed E-state index contributed by atoms with van der Waals surface area (Å²) in [7, 11) is 0. The molecule has 0 N–H and O–H groups in total. The molecule has 0 aromatic heterocycles. The predicted molar refractivity (Wildman–Crippen MR) is 59.4 cm³/mol. The first-order chi connectivity index (χ1) is 7.69. The Labute approximate surface area is 95.9 Å². The zero-order chi connectivity index (χ0) is 12.0. The Morgan fingerprint density at radius 1 is 1.50 bits per heavy atom. The Balaban J connectivity index is 2.55. The van der Waals surface area contributed by atoms with E-state index in [1.54, 1.807) is 18.7 Å². The summed E-state index contributed by atoms with van der Waals surface area (Å²) in [5.74, 6) is 4.48. The lowest BCUT2D eigenvalue weighted by molar-refractivity contribution is -0.150. The van der Waals surface area contributed by atoms with Crippen molar-refractivity contribution in [3.8, 4) is 11.8 Å². The first-order valence-electron chi connectivity index (χ1n) is 5.57. The standard InChI is InChI=1S/C12H17NO3/c1-3-6-11(14)13-8-5-7-10(9-13)12(15)16-4-2/h10H,4-5,7-9H2,1-2H3/t10-/m0/s1. The van der Waals surface area contributed by atoms with Crippen molar-refractivity contribution in [3.63, 3.8) is 0 Å². The molecule has 1 fully saturated rings. The molecule has 0 aliphatic carbocycles. The minimum absolute atomic E-state index is 0.184. The Hall–Kier alpha value is -1.50. The van der Waals surface area contributed by atoms with Gasteiger partial charge in [-0.25, -0.2) is 0 Å². The zero-order valence-electron chi connectivity index (χ0n) is 9.78. The molecule has 0 spiro atoms. The van der Waals surface area contributed by atoms with Crippen molar-refractivity contribution in [3.05, 3.63) is 0 Å². The van der Waals surface area contributed by atoms with Crippen LogP contribution in [0, 0.1) is 17.8 Å². The van der Waals surface area contributed by atoms with Crippen LogP contribution in [0.15, 0.2) is 0 Å². The van der Waals surface area contributed by atoms with Gasteiger partial charge >= 0.3 is 5.97 Å². The van der Waals surface area contributed by atoms with Gasteiger partial charge in [-0.15, -0.1) is 0 Å². The van der Waals surface area contributed by atoms with E-state index in [1.807, 2.05) is 0 Å². The van der Waals surface area contributed by atoms with E-state index in [2.05, 4.69) is 11.8 Å². The van der Waals surface area contributed by atoms with E-state index in [0.717, 1.165) is 12.8 Å². The van der Waals surface area contributed by atoms with Crippen LogP contribution in [0.5, 0.6) is 0 Å². The fraction of sp³-hybridized carbons (Fsp3) is 0.667. The molecule has 16 heavy (non-hydrogen) atoms. The number of esters is 1. The Morgan fingerprint density at radius 2 is 2.25 bits per heavy atom. The topological polar surface area (TPSA) is 46.6 Å². The number of likely N-dealkylation sites (tertiary alicyclic amines) is 1. The second kappa shape index (κ2) is 6.16. The average molecular weight is 223 g/mol. The SMILES string of the molecule is CC#CC(=O)N1CCC[C@H](C(=O)OCC)C1. The third kappa shape index (κ3) is 3.27. The van der Waals surface area contributed by atoms with E-state index >= 15 is 0 Å². The van der Waals surface area contributed by atoms with Gasteiger partial charge in [0.1, 0.15) is 0 Å². The summed E-state index contributed by atoms with van der Waals surface area (Å²) in [6.45, 7) is 4.92. The molecule has 1 atom stereocenters. The number of rotatable bonds is 2. The number of carbonyl (C=O) groups excluding carboxylic acids is 2. The summed E-state index contributed by atoms with van der Waals surface area (Å²) in [6, 6.07) is 0. The van der Waals surface area contributed by atoms with Crippen molar-refractivity contribution < 1.29 is 14.3 Å². The van der Waals surface area contributed by atoms with Crippen LogP contribution in [0.4, 0.5) is 0 Å². The van der Waals surface area contributed by atoms with Gasteiger partial charge < -0.3 is 9.64 Å². The van der Waals surface area contributed by atoms with E-state index in [0.29, 0.717) is 19.7 Å². The van der Waals surface area contributed by atoms with Crippen LogP contribution in [-0.2, 0) is 14.3 Å². The number of piperidine rings is 1. The molecule has 0 aromatic carbocycles. The number of amides is 1. The van der Waals surface area contributed by atoms with Gasteiger partial charge in [-0.3, -0.25) is 9.59 Å². The first-order valence-corrected chi connectivity index (χ1v) is 5.57. The molecule has 0 unspecified atom stereocenters. The van der Waals surface area contributed by atoms with Crippen LogP contribution in [0.1, 0.15) is 26.7 Å². The van der Waals surface area contributed by atoms with Crippen LogP contribution in [0.2, 0.25) is 0 Å². The monoisotopic (exact) mass is 223 g/mol.